The average Bonchev–Trinajstić information content (AvgIpc) is 3.48. The largest absolute Gasteiger partial charge is 0.494 e. The van der Waals surface area contributed by atoms with Gasteiger partial charge in [-0.25, -0.2) is 4.79 Å². The first kappa shape index (κ1) is 28.8. The minimum absolute atomic E-state index is 0.109. The summed E-state index contributed by atoms with van der Waals surface area (Å²) in [6, 6.07) is 18.1. The summed E-state index contributed by atoms with van der Waals surface area (Å²) in [5.41, 5.74) is 7.12. The van der Waals surface area contributed by atoms with E-state index in [0.29, 0.717) is 23.0 Å². The number of anilines is 2. The van der Waals surface area contributed by atoms with E-state index in [2.05, 4.69) is 31.2 Å². The molecule has 4 aromatic rings. The monoisotopic (exact) mass is 583 g/mol. The Morgan fingerprint density at radius 1 is 1.10 bits per heavy atom. The Bertz CT molecular complexity index is 1680. The highest BCUT2D eigenvalue weighted by atomic mass is 32.1. The molecule has 0 unspecified atom stereocenters. The number of carbonyl (C=O) groups excluding carboxylic acids is 1. The molecule has 1 saturated heterocycles. The summed E-state index contributed by atoms with van der Waals surface area (Å²) in [7, 11) is 1.57. The average molecular weight is 584 g/mol. The van der Waals surface area contributed by atoms with Gasteiger partial charge in [0.1, 0.15) is 5.75 Å². The molecule has 5 rings (SSSR count). The van der Waals surface area contributed by atoms with Crippen LogP contribution in [-0.4, -0.2) is 38.8 Å². The Labute approximate surface area is 250 Å². The summed E-state index contributed by atoms with van der Waals surface area (Å²) in [4.78, 5) is 30.6. The van der Waals surface area contributed by atoms with E-state index in [1.54, 1.807) is 32.4 Å². The fourth-order valence-corrected chi connectivity index (χ4v) is 5.91. The SMILES string of the molecule is CCC(=O)Nc1ccc(N2C(=S)N[C@@H](c3ccccn3)[C@@H]2c2cc(C)n(-c3cc(C(=O)O)ccc3C)c2C)cc1OC. The molecule has 1 amide bonds. The molecular weight excluding hydrogens is 550 g/mol. The number of carboxylic acid groups (broad SMARTS) is 1. The van der Waals surface area contributed by atoms with Gasteiger partial charge < -0.3 is 29.9 Å². The first-order chi connectivity index (χ1) is 20.1. The summed E-state index contributed by atoms with van der Waals surface area (Å²) in [6.45, 7) is 7.81. The van der Waals surface area contributed by atoms with E-state index in [1.165, 1.54) is 0 Å². The van der Waals surface area contributed by atoms with E-state index in [4.69, 9.17) is 17.0 Å². The number of thiocarbonyl (C=S) groups is 1. The molecule has 0 spiro atoms. The molecule has 2 atom stereocenters. The lowest BCUT2D eigenvalue weighted by Crippen LogP contribution is -2.29. The predicted octanol–water partition coefficient (Wildman–Crippen LogP) is 6.03. The Balaban J connectivity index is 1.67. The van der Waals surface area contributed by atoms with Crippen molar-refractivity contribution >= 4 is 40.6 Å². The number of carboxylic acids is 1. The van der Waals surface area contributed by atoms with Crippen molar-refractivity contribution in [2.75, 3.05) is 17.3 Å². The smallest absolute Gasteiger partial charge is 0.335 e. The molecule has 2 aromatic heterocycles. The third kappa shape index (κ3) is 5.21. The highest BCUT2D eigenvalue weighted by Crippen LogP contribution is 2.45. The van der Waals surface area contributed by atoms with Gasteiger partial charge in [0.2, 0.25) is 5.91 Å². The van der Waals surface area contributed by atoms with Crippen molar-refractivity contribution < 1.29 is 19.4 Å². The maximum Gasteiger partial charge on any atom is 0.335 e. The third-order valence-electron chi connectivity index (χ3n) is 7.64. The predicted molar refractivity (Wildman–Crippen MR) is 167 cm³/mol. The molecule has 216 valence electrons. The molecule has 10 heteroatoms. The number of carbonyl (C=O) groups is 2. The Morgan fingerprint density at radius 3 is 2.55 bits per heavy atom. The van der Waals surface area contributed by atoms with Crippen LogP contribution in [0.5, 0.6) is 5.75 Å². The lowest BCUT2D eigenvalue weighted by Gasteiger charge is -2.29. The number of rotatable bonds is 8. The zero-order valence-corrected chi connectivity index (χ0v) is 25.0. The third-order valence-corrected chi connectivity index (χ3v) is 7.96. The van der Waals surface area contributed by atoms with Gasteiger partial charge >= 0.3 is 5.97 Å². The van der Waals surface area contributed by atoms with Crippen molar-refractivity contribution in [3.63, 3.8) is 0 Å². The molecule has 1 aliphatic rings. The van der Waals surface area contributed by atoms with Crippen LogP contribution in [0.25, 0.3) is 5.69 Å². The number of benzene rings is 2. The van der Waals surface area contributed by atoms with Gasteiger partial charge in [-0.05, 0) is 86.6 Å². The lowest BCUT2D eigenvalue weighted by molar-refractivity contribution is -0.115. The van der Waals surface area contributed by atoms with Crippen LogP contribution in [-0.2, 0) is 4.79 Å². The summed E-state index contributed by atoms with van der Waals surface area (Å²) in [5.74, 6) is -0.566. The fraction of sp³-hybridized carbons (Fsp3) is 0.250. The minimum atomic E-state index is -0.974. The fourth-order valence-electron chi connectivity index (χ4n) is 5.56. The Morgan fingerprint density at radius 2 is 1.88 bits per heavy atom. The van der Waals surface area contributed by atoms with Crippen molar-refractivity contribution in [1.29, 1.82) is 0 Å². The molecule has 9 nitrogen and oxygen atoms in total. The van der Waals surface area contributed by atoms with Crippen LogP contribution in [0.2, 0.25) is 0 Å². The topological polar surface area (TPSA) is 109 Å². The zero-order valence-electron chi connectivity index (χ0n) is 24.1. The molecule has 0 aliphatic carbocycles. The van der Waals surface area contributed by atoms with E-state index in [-0.39, 0.29) is 23.6 Å². The summed E-state index contributed by atoms with van der Waals surface area (Å²) in [5, 5.41) is 16.6. The van der Waals surface area contributed by atoms with E-state index < -0.39 is 5.97 Å². The van der Waals surface area contributed by atoms with Gasteiger partial charge in [-0.15, -0.1) is 0 Å². The Kier molecular flexibility index (Phi) is 8.00. The van der Waals surface area contributed by atoms with Crippen LogP contribution in [0.4, 0.5) is 11.4 Å². The number of aryl methyl sites for hydroxylation is 2. The van der Waals surface area contributed by atoms with Gasteiger partial charge in [0, 0.05) is 41.4 Å². The Hall–Kier alpha value is -4.70. The molecule has 0 bridgehead atoms. The number of methoxy groups -OCH3 is 1. The van der Waals surface area contributed by atoms with Gasteiger partial charge in [0.05, 0.1) is 36.1 Å². The molecular formula is C32H33N5O4S. The van der Waals surface area contributed by atoms with Gasteiger partial charge in [0.25, 0.3) is 0 Å². The van der Waals surface area contributed by atoms with Crippen LogP contribution in [0.15, 0.2) is 66.9 Å². The molecule has 3 N–H and O–H groups in total. The molecule has 1 fully saturated rings. The van der Waals surface area contributed by atoms with E-state index in [9.17, 15) is 14.7 Å². The molecule has 42 heavy (non-hydrogen) atoms. The number of aromatic nitrogens is 2. The van der Waals surface area contributed by atoms with E-state index in [1.807, 2.05) is 63.2 Å². The molecule has 1 aliphatic heterocycles. The summed E-state index contributed by atoms with van der Waals surface area (Å²) < 4.78 is 7.75. The van der Waals surface area contributed by atoms with Crippen molar-refractivity contribution in [2.24, 2.45) is 0 Å². The van der Waals surface area contributed by atoms with Crippen LogP contribution in [0, 0.1) is 20.8 Å². The number of pyridine rings is 1. The number of hydrogen-bond acceptors (Lipinski definition) is 5. The second-order valence-electron chi connectivity index (χ2n) is 10.3. The van der Waals surface area contributed by atoms with Crippen LogP contribution in [0.1, 0.15) is 64.0 Å². The number of amides is 1. The molecule has 0 saturated carbocycles. The first-order valence-electron chi connectivity index (χ1n) is 13.7. The van der Waals surface area contributed by atoms with E-state index >= 15 is 0 Å². The van der Waals surface area contributed by atoms with Gasteiger partial charge in [-0.3, -0.25) is 9.78 Å². The highest BCUT2D eigenvalue weighted by molar-refractivity contribution is 7.80. The van der Waals surface area contributed by atoms with Crippen LogP contribution in [0.3, 0.4) is 0 Å². The van der Waals surface area contributed by atoms with Crippen molar-refractivity contribution in [1.82, 2.24) is 14.9 Å². The highest BCUT2D eigenvalue weighted by Gasteiger charge is 2.42. The van der Waals surface area contributed by atoms with Crippen LogP contribution >= 0.6 is 12.2 Å². The van der Waals surface area contributed by atoms with Crippen molar-refractivity contribution in [3.05, 3.63) is 101 Å². The molecule has 2 aromatic carbocycles. The lowest BCUT2D eigenvalue weighted by atomic mass is 9.96. The number of aromatic carboxylic acids is 1. The second-order valence-corrected chi connectivity index (χ2v) is 10.6. The van der Waals surface area contributed by atoms with E-state index in [0.717, 1.165) is 39.6 Å². The molecule has 3 heterocycles. The number of nitrogens with zero attached hydrogens (tertiary/aromatic N) is 3. The summed E-state index contributed by atoms with van der Waals surface area (Å²) in [6.07, 6.45) is 2.11. The van der Waals surface area contributed by atoms with Crippen molar-refractivity contribution in [2.45, 2.75) is 46.2 Å². The first-order valence-corrected chi connectivity index (χ1v) is 14.1. The second kappa shape index (κ2) is 11.7. The van der Waals surface area contributed by atoms with Gasteiger partial charge in [-0.2, -0.15) is 0 Å². The normalized spacial score (nSPS) is 16.3. The number of nitrogens with one attached hydrogen (secondary N) is 2. The number of hydrogen-bond donors (Lipinski definition) is 3. The summed E-state index contributed by atoms with van der Waals surface area (Å²) >= 11 is 5.93. The maximum absolute atomic E-state index is 12.1. The van der Waals surface area contributed by atoms with Gasteiger partial charge in [0.15, 0.2) is 5.11 Å². The minimum Gasteiger partial charge on any atom is -0.494 e. The van der Waals surface area contributed by atoms with Crippen molar-refractivity contribution in [3.8, 4) is 11.4 Å². The quantitative estimate of drug-likeness (QED) is 0.216. The molecule has 0 radical (unpaired) electrons. The number of ether oxygens (including phenoxy) is 1. The standard InChI is InChI=1S/C32H33N5O4S/c1-6-28(38)34-24-13-12-22(17-27(24)41-5)37-30(29(35-32(37)42)25-9-7-8-14-33-25)23-15-19(3)36(20(23)4)26-16-21(31(39)40)11-10-18(26)2/h7-17,29-30H,6H2,1-5H3,(H,34,38)(H,35,42)(H,39,40)/t29-,30-/m0/s1. The maximum atomic E-state index is 12.1. The zero-order chi connectivity index (χ0) is 30.1. The van der Waals surface area contributed by atoms with Crippen LogP contribution < -0.4 is 20.3 Å². The van der Waals surface area contributed by atoms with Gasteiger partial charge in [-0.1, -0.05) is 19.1 Å².